The highest BCUT2D eigenvalue weighted by Crippen LogP contribution is 2.33. The van der Waals surface area contributed by atoms with Crippen molar-refractivity contribution < 1.29 is 5.11 Å². The van der Waals surface area contributed by atoms with Gasteiger partial charge in [0, 0.05) is 0 Å². The SMILES string of the molecule is CC[C@@H](O)C1SCCCS1. The molecule has 0 unspecified atom stereocenters. The van der Waals surface area contributed by atoms with Gasteiger partial charge in [0.05, 0.1) is 10.7 Å². The zero-order valence-electron chi connectivity index (χ0n) is 6.25. The van der Waals surface area contributed by atoms with Gasteiger partial charge in [0.2, 0.25) is 0 Å². The normalized spacial score (nSPS) is 24.6. The van der Waals surface area contributed by atoms with Crippen LogP contribution >= 0.6 is 23.5 Å². The van der Waals surface area contributed by atoms with Crippen molar-refractivity contribution in [1.29, 1.82) is 0 Å². The molecule has 1 aliphatic rings. The van der Waals surface area contributed by atoms with Crippen LogP contribution in [0.2, 0.25) is 0 Å². The Balaban J connectivity index is 2.24. The van der Waals surface area contributed by atoms with Crippen molar-refractivity contribution >= 4 is 23.5 Å². The molecule has 0 bridgehead atoms. The Morgan fingerprint density at radius 1 is 1.50 bits per heavy atom. The van der Waals surface area contributed by atoms with Crippen molar-refractivity contribution in [3.05, 3.63) is 0 Å². The van der Waals surface area contributed by atoms with Crippen molar-refractivity contribution in [1.82, 2.24) is 0 Å². The Kier molecular flexibility index (Phi) is 3.96. The van der Waals surface area contributed by atoms with Crippen LogP contribution < -0.4 is 0 Å². The lowest BCUT2D eigenvalue weighted by Crippen LogP contribution is -2.22. The van der Waals surface area contributed by atoms with Gasteiger partial charge < -0.3 is 5.11 Å². The van der Waals surface area contributed by atoms with Gasteiger partial charge in [-0.25, -0.2) is 0 Å². The summed E-state index contributed by atoms with van der Waals surface area (Å²) in [6, 6.07) is 0. The van der Waals surface area contributed by atoms with Crippen molar-refractivity contribution in [3.63, 3.8) is 0 Å². The van der Waals surface area contributed by atoms with Gasteiger partial charge in [-0.3, -0.25) is 0 Å². The molecule has 1 aliphatic heterocycles. The molecule has 0 amide bonds. The van der Waals surface area contributed by atoms with E-state index < -0.39 is 0 Å². The van der Waals surface area contributed by atoms with E-state index >= 15 is 0 Å². The third kappa shape index (κ3) is 2.36. The van der Waals surface area contributed by atoms with Gasteiger partial charge in [0.1, 0.15) is 0 Å². The maximum Gasteiger partial charge on any atom is 0.0761 e. The summed E-state index contributed by atoms with van der Waals surface area (Å²) in [5.41, 5.74) is 0. The maximum atomic E-state index is 9.44. The van der Waals surface area contributed by atoms with Crippen LogP contribution in [-0.4, -0.2) is 27.3 Å². The molecule has 1 rings (SSSR count). The molecule has 0 aliphatic carbocycles. The first kappa shape index (κ1) is 8.75. The minimum atomic E-state index is -0.0877. The summed E-state index contributed by atoms with van der Waals surface area (Å²) < 4.78 is 0.457. The molecule has 0 aromatic carbocycles. The quantitative estimate of drug-likeness (QED) is 0.698. The average molecular weight is 178 g/mol. The lowest BCUT2D eigenvalue weighted by molar-refractivity contribution is 0.187. The molecule has 1 fully saturated rings. The van der Waals surface area contributed by atoms with E-state index in [1.807, 2.05) is 30.4 Å². The third-order valence-electron chi connectivity index (χ3n) is 1.59. The summed E-state index contributed by atoms with van der Waals surface area (Å²) in [6.07, 6.45) is 2.11. The van der Waals surface area contributed by atoms with Crippen molar-refractivity contribution in [3.8, 4) is 0 Å². The molecule has 60 valence electrons. The topological polar surface area (TPSA) is 20.2 Å². The summed E-state index contributed by atoms with van der Waals surface area (Å²) in [5.74, 6) is 2.46. The number of hydrogen-bond donors (Lipinski definition) is 1. The first-order chi connectivity index (χ1) is 4.84. The number of hydrogen-bond acceptors (Lipinski definition) is 3. The molecule has 10 heavy (non-hydrogen) atoms. The third-order valence-corrected chi connectivity index (χ3v) is 4.74. The average Bonchev–Trinajstić information content (AvgIpc) is 2.05. The van der Waals surface area contributed by atoms with Crippen molar-refractivity contribution in [2.24, 2.45) is 0 Å². The Morgan fingerprint density at radius 3 is 2.60 bits per heavy atom. The molecular formula is C7H14OS2. The van der Waals surface area contributed by atoms with Gasteiger partial charge in [-0.1, -0.05) is 6.92 Å². The first-order valence-corrected chi connectivity index (χ1v) is 5.85. The fraction of sp³-hybridized carbons (Fsp3) is 1.00. The van der Waals surface area contributed by atoms with Crippen LogP contribution in [0.1, 0.15) is 19.8 Å². The summed E-state index contributed by atoms with van der Waals surface area (Å²) in [5, 5.41) is 9.44. The molecule has 0 radical (unpaired) electrons. The predicted octanol–water partition coefficient (Wildman–Crippen LogP) is 1.95. The molecule has 0 aromatic heterocycles. The number of aliphatic hydroxyl groups excluding tert-OH is 1. The van der Waals surface area contributed by atoms with E-state index in [1.54, 1.807) is 0 Å². The van der Waals surface area contributed by atoms with Crippen LogP contribution in [0, 0.1) is 0 Å². The minimum Gasteiger partial charge on any atom is -0.391 e. The highest BCUT2D eigenvalue weighted by atomic mass is 32.2. The van der Waals surface area contributed by atoms with E-state index in [1.165, 1.54) is 17.9 Å². The predicted molar refractivity (Wildman–Crippen MR) is 49.6 cm³/mol. The van der Waals surface area contributed by atoms with Crippen LogP contribution in [0.5, 0.6) is 0 Å². The second kappa shape index (κ2) is 4.52. The van der Waals surface area contributed by atoms with Crippen LogP contribution in [0.15, 0.2) is 0 Å². The molecule has 1 atom stereocenters. The second-order valence-electron chi connectivity index (χ2n) is 2.44. The Labute approximate surface area is 71.0 Å². The lowest BCUT2D eigenvalue weighted by atomic mass is 10.3. The zero-order valence-corrected chi connectivity index (χ0v) is 7.88. The largest absolute Gasteiger partial charge is 0.391 e. The lowest BCUT2D eigenvalue weighted by Gasteiger charge is -2.24. The second-order valence-corrected chi connectivity index (χ2v) is 5.24. The molecule has 0 aromatic rings. The van der Waals surface area contributed by atoms with Gasteiger partial charge in [-0.15, -0.1) is 23.5 Å². The van der Waals surface area contributed by atoms with E-state index in [-0.39, 0.29) is 6.10 Å². The van der Waals surface area contributed by atoms with E-state index in [0.29, 0.717) is 4.58 Å². The molecule has 3 heteroatoms. The number of rotatable bonds is 2. The zero-order chi connectivity index (χ0) is 7.40. The molecule has 1 nitrogen and oxygen atoms in total. The van der Waals surface area contributed by atoms with Gasteiger partial charge in [0.15, 0.2) is 0 Å². The van der Waals surface area contributed by atoms with Crippen molar-refractivity contribution in [2.45, 2.75) is 30.5 Å². The van der Waals surface area contributed by atoms with Gasteiger partial charge >= 0.3 is 0 Å². The van der Waals surface area contributed by atoms with E-state index in [0.717, 1.165) is 6.42 Å². The number of thioether (sulfide) groups is 2. The van der Waals surface area contributed by atoms with Crippen LogP contribution in [-0.2, 0) is 0 Å². The molecule has 1 N–H and O–H groups in total. The van der Waals surface area contributed by atoms with Crippen LogP contribution in [0.25, 0.3) is 0 Å². The minimum absolute atomic E-state index is 0.0877. The summed E-state index contributed by atoms with van der Waals surface area (Å²) >= 11 is 3.82. The Morgan fingerprint density at radius 2 is 2.10 bits per heavy atom. The molecule has 0 spiro atoms. The Hall–Kier alpha value is 0.660. The number of aliphatic hydroxyl groups is 1. The monoisotopic (exact) mass is 178 g/mol. The standard InChI is InChI=1S/C7H14OS2/c1-2-6(8)7-9-4-3-5-10-7/h6-8H,2-5H2,1H3/t6-/m1/s1. The fourth-order valence-electron chi connectivity index (χ4n) is 0.921. The van der Waals surface area contributed by atoms with Crippen LogP contribution in [0.4, 0.5) is 0 Å². The summed E-state index contributed by atoms with van der Waals surface area (Å²) in [4.78, 5) is 0. The van der Waals surface area contributed by atoms with E-state index in [4.69, 9.17) is 0 Å². The summed E-state index contributed by atoms with van der Waals surface area (Å²) in [6.45, 7) is 2.04. The summed E-state index contributed by atoms with van der Waals surface area (Å²) in [7, 11) is 0. The maximum absolute atomic E-state index is 9.44. The smallest absolute Gasteiger partial charge is 0.0761 e. The highest BCUT2D eigenvalue weighted by Gasteiger charge is 2.20. The van der Waals surface area contributed by atoms with Gasteiger partial charge in [-0.05, 0) is 24.3 Å². The fourth-order valence-corrected chi connectivity index (χ4v) is 3.98. The molecule has 1 heterocycles. The highest BCUT2D eigenvalue weighted by molar-refractivity contribution is 8.17. The van der Waals surface area contributed by atoms with E-state index in [9.17, 15) is 5.11 Å². The van der Waals surface area contributed by atoms with Gasteiger partial charge in [-0.2, -0.15) is 0 Å². The molecular weight excluding hydrogens is 164 g/mol. The van der Waals surface area contributed by atoms with Crippen LogP contribution in [0.3, 0.4) is 0 Å². The first-order valence-electron chi connectivity index (χ1n) is 3.76. The Bertz CT molecular complexity index is 91.6. The molecule has 1 saturated heterocycles. The molecule has 0 saturated carbocycles. The van der Waals surface area contributed by atoms with E-state index in [2.05, 4.69) is 0 Å². The van der Waals surface area contributed by atoms with Crippen molar-refractivity contribution in [2.75, 3.05) is 11.5 Å². The van der Waals surface area contributed by atoms with Gasteiger partial charge in [0.25, 0.3) is 0 Å².